The number of para-hydroxylation sites is 1. The van der Waals surface area contributed by atoms with Gasteiger partial charge in [-0.1, -0.05) is 67.9 Å². The van der Waals surface area contributed by atoms with E-state index >= 15 is 0 Å². The fraction of sp³-hybridized carbons (Fsp3) is 0.290. The van der Waals surface area contributed by atoms with E-state index < -0.39 is 33.2 Å². The molecule has 5 rings (SSSR count). The molecule has 2 aliphatic rings. The number of hydrogen-bond acceptors (Lipinski definition) is 8. The molecule has 0 saturated carbocycles. The summed E-state index contributed by atoms with van der Waals surface area (Å²) in [6, 6.07) is 17.6. The van der Waals surface area contributed by atoms with Gasteiger partial charge in [-0.25, -0.2) is 8.42 Å². The average Bonchev–Trinajstić information content (AvgIpc) is 3.07. The van der Waals surface area contributed by atoms with Gasteiger partial charge in [0.2, 0.25) is 10.0 Å². The van der Waals surface area contributed by atoms with Crippen LogP contribution in [0.4, 0.5) is 11.4 Å². The van der Waals surface area contributed by atoms with Gasteiger partial charge in [-0.3, -0.25) is 13.9 Å². The van der Waals surface area contributed by atoms with Crippen molar-refractivity contribution in [3.05, 3.63) is 94.1 Å². The number of halogens is 1. The van der Waals surface area contributed by atoms with E-state index in [0.29, 0.717) is 30.0 Å². The number of methoxy groups -OCH3 is 1. The highest BCUT2D eigenvalue weighted by Crippen LogP contribution is 2.52. The monoisotopic (exact) mass is 610 g/mol. The summed E-state index contributed by atoms with van der Waals surface area (Å²) in [5, 5.41) is 14.2. The van der Waals surface area contributed by atoms with E-state index in [-0.39, 0.29) is 39.9 Å². The van der Waals surface area contributed by atoms with Crippen LogP contribution in [0.5, 0.6) is 11.5 Å². The van der Waals surface area contributed by atoms with Crippen molar-refractivity contribution in [2.45, 2.75) is 39.3 Å². The minimum atomic E-state index is -4.49. The second-order valence-electron chi connectivity index (χ2n) is 11.1. The van der Waals surface area contributed by atoms with Gasteiger partial charge in [0.1, 0.15) is 29.8 Å². The number of phenols is 1. The van der Waals surface area contributed by atoms with Crippen LogP contribution >= 0.6 is 11.6 Å². The maximum atomic E-state index is 14.0. The Hall–Kier alpha value is -4.02. The minimum Gasteiger partial charge on any atom is -0.506 e. The van der Waals surface area contributed by atoms with Crippen LogP contribution in [0.25, 0.3) is 0 Å². The summed E-state index contributed by atoms with van der Waals surface area (Å²) in [5.41, 5.74) is 1.66. The average molecular weight is 611 g/mol. The lowest BCUT2D eigenvalue weighted by Gasteiger charge is -2.37. The molecule has 1 aliphatic carbocycles. The summed E-state index contributed by atoms with van der Waals surface area (Å²) in [6.07, 6.45) is 0.562. The zero-order chi connectivity index (χ0) is 30.2. The summed E-state index contributed by atoms with van der Waals surface area (Å²) < 4.78 is 39.7. The number of esters is 1. The first-order chi connectivity index (χ1) is 19.9. The van der Waals surface area contributed by atoms with Crippen LogP contribution in [0.1, 0.15) is 43.9 Å². The van der Waals surface area contributed by atoms with E-state index in [1.807, 2.05) is 44.2 Å². The predicted octanol–water partition coefficient (Wildman–Crippen LogP) is 5.74. The molecule has 0 aromatic heterocycles. The highest BCUT2D eigenvalue weighted by Gasteiger charge is 2.46. The highest BCUT2D eigenvalue weighted by molar-refractivity contribution is 7.93. The van der Waals surface area contributed by atoms with Crippen molar-refractivity contribution in [3.63, 3.8) is 0 Å². The molecule has 0 saturated heterocycles. The topological polar surface area (TPSA) is 122 Å². The summed E-state index contributed by atoms with van der Waals surface area (Å²) in [6.45, 7) is 4.18. The van der Waals surface area contributed by atoms with Crippen molar-refractivity contribution in [1.82, 2.24) is 0 Å². The molecule has 3 aromatic carbocycles. The molecule has 9 nitrogen and oxygen atoms in total. The SMILES string of the molecule is COC(=O)CS(=O)(=O)N1c2cccc(O)c2NC2=C(C(=O)CC(C)(C)C2)C1c1ccc(OCc2ccccc2)cc1Cl. The molecule has 1 aliphatic heterocycles. The maximum absolute atomic E-state index is 14.0. The van der Waals surface area contributed by atoms with Gasteiger partial charge in [0.15, 0.2) is 11.5 Å². The van der Waals surface area contributed by atoms with Crippen molar-refractivity contribution in [3.8, 4) is 11.5 Å². The van der Waals surface area contributed by atoms with Crippen LogP contribution in [-0.2, 0) is 31.0 Å². The molecule has 2 N–H and O–H groups in total. The number of fused-ring (bicyclic) bond motifs is 1. The van der Waals surface area contributed by atoms with Crippen molar-refractivity contribution in [1.29, 1.82) is 0 Å². The Balaban J connectivity index is 1.70. The Labute approximate surface area is 249 Å². The van der Waals surface area contributed by atoms with E-state index in [4.69, 9.17) is 16.3 Å². The van der Waals surface area contributed by atoms with E-state index in [0.717, 1.165) is 17.0 Å². The second-order valence-corrected chi connectivity index (χ2v) is 13.4. The number of rotatable bonds is 7. The van der Waals surface area contributed by atoms with Crippen LogP contribution in [0, 0.1) is 5.41 Å². The number of carbonyl (C=O) groups is 2. The molecule has 1 heterocycles. The summed E-state index contributed by atoms with van der Waals surface area (Å²) in [7, 11) is -3.40. The van der Waals surface area contributed by atoms with E-state index in [2.05, 4.69) is 10.1 Å². The van der Waals surface area contributed by atoms with Gasteiger partial charge in [-0.2, -0.15) is 0 Å². The second kappa shape index (κ2) is 11.3. The lowest BCUT2D eigenvalue weighted by atomic mass is 9.73. The molecule has 1 unspecified atom stereocenters. The lowest BCUT2D eigenvalue weighted by Crippen LogP contribution is -2.42. The Morgan fingerprint density at radius 2 is 1.83 bits per heavy atom. The van der Waals surface area contributed by atoms with Crippen molar-refractivity contribution >= 4 is 44.8 Å². The predicted molar refractivity (Wildman–Crippen MR) is 160 cm³/mol. The molecule has 42 heavy (non-hydrogen) atoms. The number of ketones is 1. The van der Waals surface area contributed by atoms with Crippen molar-refractivity contribution in [2.75, 3.05) is 22.5 Å². The van der Waals surface area contributed by atoms with Crippen molar-refractivity contribution < 1.29 is 32.6 Å². The standard InChI is InChI=1S/C31H31ClN2O7S/c1-31(2)15-23-28(26(36)16-31)30(21-13-12-20(14-22(21)32)41-17-19-8-5-4-6-9-19)34(42(38,39)18-27(37)40-3)24-10-7-11-25(35)29(24)33-23/h4-14,30,33,35H,15-18H2,1-3H3. The first-order valence-electron chi connectivity index (χ1n) is 13.3. The van der Waals surface area contributed by atoms with Gasteiger partial charge in [-0.05, 0) is 47.2 Å². The summed E-state index contributed by atoms with van der Waals surface area (Å²) >= 11 is 6.84. The molecule has 0 spiro atoms. The number of aromatic hydroxyl groups is 1. The van der Waals surface area contributed by atoms with Crippen LogP contribution in [0.3, 0.4) is 0 Å². The number of nitrogens with one attached hydrogen (secondary N) is 1. The summed E-state index contributed by atoms with van der Waals surface area (Å²) in [4.78, 5) is 26.2. The maximum Gasteiger partial charge on any atom is 0.322 e. The molecule has 0 fully saturated rings. The zero-order valence-electron chi connectivity index (χ0n) is 23.4. The fourth-order valence-electron chi connectivity index (χ4n) is 5.44. The van der Waals surface area contributed by atoms with Crippen LogP contribution < -0.4 is 14.4 Å². The number of nitrogens with zero attached hydrogens (tertiary/aromatic N) is 1. The molecule has 0 radical (unpaired) electrons. The van der Waals surface area contributed by atoms with Gasteiger partial charge < -0.3 is 19.9 Å². The minimum absolute atomic E-state index is 0.0596. The third kappa shape index (κ3) is 5.82. The Bertz CT molecular complexity index is 1690. The van der Waals surface area contributed by atoms with E-state index in [9.17, 15) is 23.1 Å². The van der Waals surface area contributed by atoms with Crippen molar-refractivity contribution in [2.24, 2.45) is 5.41 Å². The smallest absolute Gasteiger partial charge is 0.322 e. The lowest BCUT2D eigenvalue weighted by molar-refractivity contribution is -0.137. The fourth-order valence-corrected chi connectivity index (χ4v) is 7.26. The number of carbonyl (C=O) groups excluding carboxylic acids is 2. The molecule has 0 amide bonds. The Morgan fingerprint density at radius 3 is 2.52 bits per heavy atom. The first-order valence-corrected chi connectivity index (χ1v) is 15.3. The van der Waals surface area contributed by atoms with Gasteiger partial charge in [0.25, 0.3) is 0 Å². The van der Waals surface area contributed by atoms with Gasteiger partial charge in [0.05, 0.1) is 12.8 Å². The van der Waals surface area contributed by atoms with Gasteiger partial charge in [-0.15, -0.1) is 0 Å². The number of sulfonamides is 1. The zero-order valence-corrected chi connectivity index (χ0v) is 25.0. The number of allylic oxidation sites excluding steroid dienone is 1. The largest absolute Gasteiger partial charge is 0.506 e. The van der Waals surface area contributed by atoms with Gasteiger partial charge in [0, 0.05) is 22.7 Å². The highest BCUT2D eigenvalue weighted by atomic mass is 35.5. The van der Waals surface area contributed by atoms with E-state index in [1.165, 1.54) is 18.2 Å². The molecular formula is C31H31ClN2O7S. The van der Waals surface area contributed by atoms with Crippen LogP contribution in [-0.4, -0.2) is 38.1 Å². The van der Waals surface area contributed by atoms with Crippen LogP contribution in [0.2, 0.25) is 5.02 Å². The molecule has 1 atom stereocenters. The number of Topliss-reactive ketones (excluding diaryl/α,β-unsaturated/α-hetero) is 1. The van der Waals surface area contributed by atoms with Crippen LogP contribution in [0.15, 0.2) is 78.0 Å². The summed E-state index contributed by atoms with van der Waals surface area (Å²) in [5.74, 6) is -2.01. The number of anilines is 2. The normalized spacial score (nSPS) is 18.0. The number of benzene rings is 3. The number of ether oxygens (including phenoxy) is 2. The quantitative estimate of drug-likeness (QED) is 0.256. The Kier molecular flexibility index (Phi) is 7.96. The number of phenolic OH excluding ortho intramolecular Hbond substituents is 1. The van der Waals surface area contributed by atoms with E-state index in [1.54, 1.807) is 18.2 Å². The molecule has 220 valence electrons. The molecule has 0 bridgehead atoms. The first kappa shape index (κ1) is 29.5. The third-order valence-corrected chi connectivity index (χ3v) is 9.24. The third-order valence-electron chi connectivity index (χ3n) is 7.30. The molecule has 3 aromatic rings. The van der Waals surface area contributed by atoms with Gasteiger partial charge >= 0.3 is 5.97 Å². The number of hydrogen-bond donors (Lipinski definition) is 2. The Morgan fingerprint density at radius 1 is 1.10 bits per heavy atom. The molecular weight excluding hydrogens is 580 g/mol. The molecule has 11 heteroatoms.